The molecule has 1 rings (SSSR count). The fraction of sp³-hybridized carbons (Fsp3) is 0.125. The molecule has 0 saturated heterocycles. The molecule has 0 heterocycles. The fourth-order valence-corrected chi connectivity index (χ4v) is 1.33. The van der Waals surface area contributed by atoms with Crippen molar-refractivity contribution in [2.45, 2.75) is 4.90 Å². The lowest BCUT2D eigenvalue weighted by Crippen LogP contribution is -2.04. The van der Waals surface area contributed by atoms with Gasteiger partial charge in [0.2, 0.25) is 0 Å². The van der Waals surface area contributed by atoms with Crippen LogP contribution in [0.3, 0.4) is 0 Å². The van der Waals surface area contributed by atoms with E-state index in [1.165, 1.54) is 25.3 Å². The van der Waals surface area contributed by atoms with Crippen molar-refractivity contribution in [3.05, 3.63) is 29.6 Å². The van der Waals surface area contributed by atoms with Crippen molar-refractivity contribution in [3.63, 3.8) is 0 Å². The number of hydrogen-bond donors (Lipinski definition) is 1. The highest BCUT2D eigenvalue weighted by Gasteiger charge is 2.11. The van der Waals surface area contributed by atoms with E-state index in [0.717, 1.165) is 11.9 Å². The Labute approximate surface area is 79.2 Å². The van der Waals surface area contributed by atoms with Gasteiger partial charge in [-0.1, -0.05) is 0 Å². The van der Waals surface area contributed by atoms with Gasteiger partial charge in [-0.2, -0.15) is 0 Å². The largest absolute Gasteiger partial charge is 0.465 e. The van der Waals surface area contributed by atoms with Gasteiger partial charge in [-0.05, 0) is 30.1 Å². The van der Waals surface area contributed by atoms with Crippen molar-refractivity contribution in [2.24, 2.45) is 5.14 Å². The quantitative estimate of drug-likeness (QED) is 0.583. The molecule has 0 spiro atoms. The van der Waals surface area contributed by atoms with E-state index >= 15 is 0 Å². The third kappa shape index (κ3) is 2.19. The van der Waals surface area contributed by atoms with Gasteiger partial charge in [-0.15, -0.1) is 0 Å². The zero-order valence-electron chi connectivity index (χ0n) is 6.91. The number of carbonyl (C=O) groups excluding carboxylic acids is 1. The minimum absolute atomic E-state index is 0.274. The smallest absolute Gasteiger partial charge is 0.339 e. The number of hydrogen-bond acceptors (Lipinski definition) is 4. The Bertz CT molecular complexity index is 330. The molecule has 0 amide bonds. The van der Waals surface area contributed by atoms with Gasteiger partial charge >= 0.3 is 5.97 Å². The molecule has 0 bridgehead atoms. The highest BCUT2D eigenvalue weighted by molar-refractivity contribution is 7.97. The molecule has 5 heteroatoms. The van der Waals surface area contributed by atoms with Crippen LogP contribution in [0.4, 0.5) is 4.39 Å². The number of carbonyl (C=O) groups is 1. The number of nitrogens with two attached hydrogens (primary N) is 1. The molecule has 0 unspecified atom stereocenters. The normalized spacial score (nSPS) is 9.77. The van der Waals surface area contributed by atoms with Gasteiger partial charge in [-0.3, -0.25) is 5.14 Å². The molecule has 0 atom stereocenters. The lowest BCUT2D eigenvalue weighted by molar-refractivity contribution is 0.0596. The van der Waals surface area contributed by atoms with E-state index in [1.807, 2.05) is 0 Å². The molecular weight excluding hydrogens is 193 g/mol. The van der Waals surface area contributed by atoms with Gasteiger partial charge in [0.15, 0.2) is 0 Å². The molecular formula is C8H8FNO2S. The summed E-state index contributed by atoms with van der Waals surface area (Å²) in [5.74, 6) is -0.950. The van der Waals surface area contributed by atoms with E-state index in [1.54, 1.807) is 0 Å². The number of benzene rings is 1. The Kier molecular flexibility index (Phi) is 3.27. The maximum absolute atomic E-state index is 12.7. The van der Waals surface area contributed by atoms with Crippen LogP contribution in [-0.2, 0) is 4.74 Å². The molecule has 0 aliphatic carbocycles. The third-order valence-electron chi connectivity index (χ3n) is 1.48. The fourth-order valence-electron chi connectivity index (χ4n) is 0.872. The van der Waals surface area contributed by atoms with E-state index in [0.29, 0.717) is 4.90 Å². The zero-order valence-corrected chi connectivity index (χ0v) is 7.73. The molecule has 2 N–H and O–H groups in total. The van der Waals surface area contributed by atoms with Crippen LogP contribution in [0.15, 0.2) is 23.1 Å². The van der Waals surface area contributed by atoms with Crippen LogP contribution < -0.4 is 5.14 Å². The average molecular weight is 201 g/mol. The standard InChI is InChI=1S/C8H8FNO2S/c1-12-8(11)6-3-2-5(9)4-7(6)13-10/h2-4H,10H2,1H3. The monoisotopic (exact) mass is 201 g/mol. The van der Waals surface area contributed by atoms with E-state index < -0.39 is 11.8 Å². The first-order valence-electron chi connectivity index (χ1n) is 3.43. The molecule has 1 aromatic rings. The van der Waals surface area contributed by atoms with Crippen LogP contribution in [0.2, 0.25) is 0 Å². The number of esters is 1. The summed E-state index contributed by atoms with van der Waals surface area (Å²) in [6.45, 7) is 0. The molecule has 0 saturated carbocycles. The number of halogens is 1. The van der Waals surface area contributed by atoms with Crippen molar-refractivity contribution in [3.8, 4) is 0 Å². The first-order chi connectivity index (χ1) is 6.19. The van der Waals surface area contributed by atoms with Crippen LogP contribution in [0, 0.1) is 5.82 Å². The average Bonchev–Trinajstić information content (AvgIpc) is 2.16. The Morgan fingerprint density at radius 2 is 2.31 bits per heavy atom. The van der Waals surface area contributed by atoms with Crippen molar-refractivity contribution >= 4 is 17.9 Å². The van der Waals surface area contributed by atoms with Crippen molar-refractivity contribution in [2.75, 3.05) is 7.11 Å². The van der Waals surface area contributed by atoms with Crippen LogP contribution in [0.25, 0.3) is 0 Å². The first kappa shape index (κ1) is 10.0. The van der Waals surface area contributed by atoms with Gasteiger partial charge in [0.1, 0.15) is 5.82 Å². The summed E-state index contributed by atoms with van der Waals surface area (Å²) in [4.78, 5) is 11.5. The van der Waals surface area contributed by atoms with Crippen LogP contribution in [0.5, 0.6) is 0 Å². The number of methoxy groups -OCH3 is 1. The predicted octanol–water partition coefficient (Wildman–Crippen LogP) is 1.58. The van der Waals surface area contributed by atoms with E-state index in [4.69, 9.17) is 5.14 Å². The summed E-state index contributed by atoms with van der Waals surface area (Å²) in [6, 6.07) is 3.72. The molecule has 0 aromatic heterocycles. The predicted molar refractivity (Wildman–Crippen MR) is 47.8 cm³/mol. The van der Waals surface area contributed by atoms with Gasteiger partial charge in [-0.25, -0.2) is 9.18 Å². The summed E-state index contributed by atoms with van der Waals surface area (Å²) < 4.78 is 17.2. The van der Waals surface area contributed by atoms with Crippen LogP contribution in [0.1, 0.15) is 10.4 Å². The van der Waals surface area contributed by atoms with E-state index in [9.17, 15) is 9.18 Å². The summed E-state index contributed by atoms with van der Waals surface area (Å²) >= 11 is 0.812. The van der Waals surface area contributed by atoms with E-state index in [2.05, 4.69) is 4.74 Å². The second-order valence-corrected chi connectivity index (χ2v) is 2.93. The Balaban J connectivity index is 3.13. The lowest BCUT2D eigenvalue weighted by atomic mass is 10.2. The Morgan fingerprint density at radius 3 is 2.85 bits per heavy atom. The maximum Gasteiger partial charge on any atom is 0.339 e. The second-order valence-electron chi connectivity index (χ2n) is 2.25. The summed E-state index contributed by atoms with van der Waals surface area (Å²) in [5.41, 5.74) is 0.274. The summed E-state index contributed by atoms with van der Waals surface area (Å²) in [7, 11) is 1.26. The maximum atomic E-state index is 12.7. The minimum atomic E-state index is -0.520. The molecule has 0 aliphatic rings. The molecule has 0 aliphatic heterocycles. The lowest BCUT2D eigenvalue weighted by Gasteiger charge is -2.03. The third-order valence-corrected chi connectivity index (χ3v) is 2.07. The highest BCUT2D eigenvalue weighted by Crippen LogP contribution is 2.19. The van der Waals surface area contributed by atoms with Gasteiger partial charge < -0.3 is 4.74 Å². The zero-order chi connectivity index (χ0) is 9.84. The SMILES string of the molecule is COC(=O)c1ccc(F)cc1SN. The molecule has 13 heavy (non-hydrogen) atoms. The summed E-state index contributed by atoms with van der Waals surface area (Å²) in [6.07, 6.45) is 0. The van der Waals surface area contributed by atoms with Crippen LogP contribution in [-0.4, -0.2) is 13.1 Å². The van der Waals surface area contributed by atoms with Gasteiger partial charge in [0.25, 0.3) is 0 Å². The van der Waals surface area contributed by atoms with Gasteiger partial charge in [0.05, 0.1) is 12.7 Å². The molecule has 3 nitrogen and oxygen atoms in total. The van der Waals surface area contributed by atoms with Crippen molar-refractivity contribution < 1.29 is 13.9 Å². The molecule has 0 radical (unpaired) electrons. The number of ether oxygens (including phenoxy) is 1. The second kappa shape index (κ2) is 4.25. The van der Waals surface area contributed by atoms with Gasteiger partial charge in [0, 0.05) is 4.90 Å². The number of rotatable bonds is 2. The molecule has 70 valence electrons. The van der Waals surface area contributed by atoms with Crippen molar-refractivity contribution in [1.82, 2.24) is 0 Å². The molecule has 1 aromatic carbocycles. The molecule has 0 fully saturated rings. The van der Waals surface area contributed by atoms with Crippen molar-refractivity contribution in [1.29, 1.82) is 0 Å². The minimum Gasteiger partial charge on any atom is -0.465 e. The Hall–Kier alpha value is -1.07. The van der Waals surface area contributed by atoms with Crippen LogP contribution >= 0.6 is 11.9 Å². The summed E-state index contributed by atoms with van der Waals surface area (Å²) in [5, 5.41) is 5.25. The topological polar surface area (TPSA) is 52.3 Å². The highest BCUT2D eigenvalue weighted by atomic mass is 32.2. The van der Waals surface area contributed by atoms with E-state index in [-0.39, 0.29) is 5.56 Å². The first-order valence-corrected chi connectivity index (χ1v) is 4.31. The Morgan fingerprint density at radius 1 is 1.62 bits per heavy atom.